The lowest BCUT2D eigenvalue weighted by molar-refractivity contribution is 0.384. The summed E-state index contributed by atoms with van der Waals surface area (Å²) in [7, 11) is 2.01. The fraction of sp³-hybridized carbons (Fsp3) is 0.700. The summed E-state index contributed by atoms with van der Waals surface area (Å²) in [5, 5.41) is 3.30. The second-order valence-electron chi connectivity index (χ2n) is 6.19. The number of benzene rings is 1. The molecule has 2 aliphatic rings. The Labute approximate surface area is 138 Å². The van der Waals surface area contributed by atoms with E-state index in [1.54, 1.807) is 0 Å². The maximum atomic E-state index is 3.30. The smallest absolute Gasteiger partial charge is 0.0398 e. The van der Waals surface area contributed by atoms with Crippen LogP contribution in [0.2, 0.25) is 0 Å². The Morgan fingerprint density at radius 3 is 1.68 bits per heavy atom. The molecule has 1 saturated heterocycles. The summed E-state index contributed by atoms with van der Waals surface area (Å²) >= 11 is 0. The molecule has 0 bridgehead atoms. The maximum absolute atomic E-state index is 3.30. The summed E-state index contributed by atoms with van der Waals surface area (Å²) in [4.78, 5) is 2.57. The molecule has 0 radical (unpaired) electrons. The summed E-state index contributed by atoms with van der Waals surface area (Å²) in [6.45, 7) is 14.9. The van der Waals surface area contributed by atoms with E-state index in [1.165, 1.54) is 61.3 Å². The van der Waals surface area contributed by atoms with E-state index in [1.807, 2.05) is 34.7 Å². The Bertz CT molecular complexity index is 428. The third kappa shape index (κ3) is 4.18. The fourth-order valence-electron chi connectivity index (χ4n) is 3.43. The summed E-state index contributed by atoms with van der Waals surface area (Å²) in [5.41, 5.74) is 6.19. The average Bonchev–Trinajstić information content (AvgIpc) is 3.31. The van der Waals surface area contributed by atoms with Crippen LogP contribution in [0, 0.1) is 19.3 Å². The number of rotatable bonds is 2. The molecule has 1 heterocycles. The van der Waals surface area contributed by atoms with Crippen LogP contribution in [0.5, 0.6) is 0 Å². The van der Waals surface area contributed by atoms with Gasteiger partial charge >= 0.3 is 0 Å². The van der Waals surface area contributed by atoms with Crippen LogP contribution in [-0.2, 0) is 0 Å². The number of hydrogen-bond donors (Lipinski definition) is 1. The van der Waals surface area contributed by atoms with Gasteiger partial charge in [-0.05, 0) is 68.2 Å². The SMILES string of the molecule is CC.CC.CNc1c(C)cc(N2CCC3(CC2)CC3)cc1C. The predicted molar refractivity (Wildman–Crippen MR) is 101 cm³/mol. The molecule has 1 saturated carbocycles. The van der Waals surface area contributed by atoms with Gasteiger partial charge in [0.1, 0.15) is 0 Å². The van der Waals surface area contributed by atoms with Gasteiger partial charge < -0.3 is 10.2 Å². The summed E-state index contributed by atoms with van der Waals surface area (Å²) in [6.07, 6.45) is 5.77. The van der Waals surface area contributed by atoms with Gasteiger partial charge in [0, 0.05) is 31.5 Å². The van der Waals surface area contributed by atoms with Gasteiger partial charge in [-0.2, -0.15) is 0 Å². The van der Waals surface area contributed by atoms with Crippen LogP contribution in [0.4, 0.5) is 11.4 Å². The van der Waals surface area contributed by atoms with Crippen LogP contribution in [0.25, 0.3) is 0 Å². The van der Waals surface area contributed by atoms with E-state index in [4.69, 9.17) is 0 Å². The van der Waals surface area contributed by atoms with Crippen molar-refractivity contribution < 1.29 is 0 Å². The van der Waals surface area contributed by atoms with Crippen molar-refractivity contribution in [1.82, 2.24) is 0 Å². The minimum Gasteiger partial charge on any atom is -0.388 e. The monoisotopic (exact) mass is 304 g/mol. The maximum Gasteiger partial charge on any atom is 0.0398 e. The van der Waals surface area contributed by atoms with Crippen molar-refractivity contribution >= 4 is 11.4 Å². The van der Waals surface area contributed by atoms with Crippen LogP contribution in [0.3, 0.4) is 0 Å². The highest BCUT2D eigenvalue weighted by Gasteiger charge is 2.44. The molecule has 0 aromatic heterocycles. The van der Waals surface area contributed by atoms with E-state index < -0.39 is 0 Å². The first-order valence-electron chi connectivity index (χ1n) is 9.17. The van der Waals surface area contributed by atoms with Crippen LogP contribution in [-0.4, -0.2) is 20.1 Å². The van der Waals surface area contributed by atoms with Crippen LogP contribution in [0.1, 0.15) is 64.5 Å². The number of anilines is 2. The first-order valence-corrected chi connectivity index (χ1v) is 9.17. The Morgan fingerprint density at radius 1 is 0.864 bits per heavy atom. The molecule has 1 aliphatic heterocycles. The first-order chi connectivity index (χ1) is 10.6. The zero-order valence-corrected chi connectivity index (χ0v) is 15.8. The molecule has 22 heavy (non-hydrogen) atoms. The number of piperidine rings is 1. The lowest BCUT2D eigenvalue weighted by Crippen LogP contribution is -2.34. The lowest BCUT2D eigenvalue weighted by atomic mass is 9.93. The van der Waals surface area contributed by atoms with Gasteiger partial charge in [-0.1, -0.05) is 27.7 Å². The molecular formula is C20H36N2. The molecule has 0 unspecified atom stereocenters. The van der Waals surface area contributed by atoms with Crippen LogP contribution in [0.15, 0.2) is 12.1 Å². The van der Waals surface area contributed by atoms with E-state index in [-0.39, 0.29) is 0 Å². The topological polar surface area (TPSA) is 15.3 Å². The average molecular weight is 305 g/mol. The zero-order chi connectivity index (χ0) is 16.8. The van der Waals surface area contributed by atoms with Crippen molar-refractivity contribution in [2.75, 3.05) is 30.4 Å². The summed E-state index contributed by atoms with van der Waals surface area (Å²) in [5.74, 6) is 0. The fourth-order valence-corrected chi connectivity index (χ4v) is 3.43. The Hall–Kier alpha value is -1.18. The standard InChI is InChI=1S/C16H24N2.2C2H6/c1-12-10-14(11-13(2)15(12)17-3)18-8-6-16(4-5-16)7-9-18;2*1-2/h10-11,17H,4-9H2,1-3H3;2*1-2H3. The van der Waals surface area contributed by atoms with E-state index >= 15 is 0 Å². The van der Waals surface area contributed by atoms with Gasteiger partial charge in [-0.15, -0.1) is 0 Å². The van der Waals surface area contributed by atoms with Crippen molar-refractivity contribution in [1.29, 1.82) is 0 Å². The molecule has 2 nitrogen and oxygen atoms in total. The highest BCUT2D eigenvalue weighted by atomic mass is 15.1. The van der Waals surface area contributed by atoms with E-state index in [2.05, 4.69) is 36.2 Å². The number of hydrogen-bond acceptors (Lipinski definition) is 2. The van der Waals surface area contributed by atoms with Crippen molar-refractivity contribution in [3.63, 3.8) is 0 Å². The molecule has 2 heteroatoms. The summed E-state index contributed by atoms with van der Waals surface area (Å²) < 4.78 is 0. The Kier molecular flexibility index (Phi) is 7.25. The van der Waals surface area contributed by atoms with Crippen molar-refractivity contribution in [2.45, 2.75) is 67.2 Å². The molecule has 0 atom stereocenters. The highest BCUT2D eigenvalue weighted by Crippen LogP contribution is 2.54. The number of nitrogens with one attached hydrogen (secondary N) is 1. The van der Waals surface area contributed by atoms with E-state index in [9.17, 15) is 0 Å². The highest BCUT2D eigenvalue weighted by molar-refractivity contribution is 5.65. The molecule has 1 aromatic rings. The molecule has 1 aromatic carbocycles. The first kappa shape index (κ1) is 18.9. The number of aryl methyl sites for hydroxylation is 2. The van der Waals surface area contributed by atoms with Gasteiger partial charge in [0.05, 0.1) is 0 Å². The van der Waals surface area contributed by atoms with Crippen LogP contribution >= 0.6 is 0 Å². The second kappa shape index (κ2) is 8.45. The molecule has 2 fully saturated rings. The minimum atomic E-state index is 0.769. The predicted octanol–water partition coefficient (Wildman–Crippen LogP) is 5.78. The second-order valence-corrected chi connectivity index (χ2v) is 6.19. The van der Waals surface area contributed by atoms with Gasteiger partial charge in [-0.3, -0.25) is 0 Å². The largest absolute Gasteiger partial charge is 0.388 e. The van der Waals surface area contributed by atoms with Crippen molar-refractivity contribution in [3.05, 3.63) is 23.3 Å². The number of nitrogens with zero attached hydrogens (tertiary/aromatic N) is 1. The molecule has 1 N–H and O–H groups in total. The van der Waals surface area contributed by atoms with Gasteiger partial charge in [-0.25, -0.2) is 0 Å². The third-order valence-electron chi connectivity index (χ3n) is 4.91. The lowest BCUT2D eigenvalue weighted by Gasteiger charge is -2.34. The molecule has 126 valence electrons. The van der Waals surface area contributed by atoms with E-state index in [0.29, 0.717) is 0 Å². The van der Waals surface area contributed by atoms with Gasteiger partial charge in [0.2, 0.25) is 0 Å². The molecule has 1 spiro atoms. The third-order valence-corrected chi connectivity index (χ3v) is 4.91. The van der Waals surface area contributed by atoms with Crippen molar-refractivity contribution in [2.24, 2.45) is 5.41 Å². The normalized spacial score (nSPS) is 17.9. The molecule has 1 aliphatic carbocycles. The Balaban J connectivity index is 0.000000561. The minimum absolute atomic E-state index is 0.769. The zero-order valence-electron chi connectivity index (χ0n) is 15.8. The molecular weight excluding hydrogens is 268 g/mol. The van der Waals surface area contributed by atoms with Crippen LogP contribution < -0.4 is 10.2 Å². The Morgan fingerprint density at radius 2 is 1.32 bits per heavy atom. The van der Waals surface area contributed by atoms with Gasteiger partial charge in [0.25, 0.3) is 0 Å². The molecule has 3 rings (SSSR count). The summed E-state index contributed by atoms with van der Waals surface area (Å²) in [6, 6.07) is 4.67. The molecule has 0 amide bonds. The quantitative estimate of drug-likeness (QED) is 0.745. The van der Waals surface area contributed by atoms with Gasteiger partial charge in [0.15, 0.2) is 0 Å². The van der Waals surface area contributed by atoms with Crippen molar-refractivity contribution in [3.8, 4) is 0 Å². The van der Waals surface area contributed by atoms with E-state index in [0.717, 1.165) is 5.41 Å².